The monoisotopic (exact) mass is 338 g/mol. The number of rotatable bonds is 6. The Labute approximate surface area is 149 Å². The van der Waals surface area contributed by atoms with Crippen molar-refractivity contribution in [2.75, 3.05) is 16.8 Å². The summed E-state index contributed by atoms with van der Waals surface area (Å²) in [7, 11) is 0. The number of hydrogen-bond acceptors (Lipinski definition) is 2. The second kappa shape index (κ2) is 8.47. The summed E-state index contributed by atoms with van der Waals surface area (Å²) in [6, 6.07) is 13.7. The number of nitrogens with one attached hydrogen (secondary N) is 1. The van der Waals surface area contributed by atoms with Gasteiger partial charge in [-0.05, 0) is 42.5 Å². The minimum atomic E-state index is -0.190. The molecule has 0 unspecified atom stereocenters. The predicted molar refractivity (Wildman–Crippen MR) is 103 cm³/mol. The van der Waals surface area contributed by atoms with Gasteiger partial charge in [0.2, 0.25) is 11.8 Å². The minimum Gasteiger partial charge on any atom is -0.324 e. The van der Waals surface area contributed by atoms with Crippen LogP contribution in [0.3, 0.4) is 0 Å². The van der Waals surface area contributed by atoms with Crippen molar-refractivity contribution in [3.63, 3.8) is 0 Å². The second-order valence-electron chi connectivity index (χ2n) is 6.10. The molecular weight excluding hydrogens is 312 g/mol. The van der Waals surface area contributed by atoms with E-state index in [1.54, 1.807) is 0 Å². The molecule has 0 saturated carbocycles. The maximum Gasteiger partial charge on any atom is 0.244 e. The predicted octanol–water partition coefficient (Wildman–Crippen LogP) is 4.11. The van der Waals surface area contributed by atoms with Crippen LogP contribution in [-0.4, -0.2) is 18.4 Å². The Morgan fingerprint density at radius 1 is 0.960 bits per heavy atom. The Balaban J connectivity index is 2.24. The zero-order valence-corrected chi connectivity index (χ0v) is 15.4. The van der Waals surface area contributed by atoms with Crippen molar-refractivity contribution in [3.8, 4) is 0 Å². The van der Waals surface area contributed by atoms with Crippen molar-refractivity contribution in [1.29, 1.82) is 0 Å². The molecule has 1 N–H and O–H groups in total. The first-order valence-corrected chi connectivity index (χ1v) is 8.72. The van der Waals surface area contributed by atoms with Gasteiger partial charge in [-0.25, -0.2) is 0 Å². The van der Waals surface area contributed by atoms with Gasteiger partial charge in [-0.3, -0.25) is 9.59 Å². The number of hydrogen-bond donors (Lipinski definition) is 1. The van der Waals surface area contributed by atoms with Crippen LogP contribution in [0.15, 0.2) is 42.5 Å². The average molecular weight is 338 g/mol. The van der Waals surface area contributed by atoms with Crippen LogP contribution in [0.4, 0.5) is 11.4 Å². The molecule has 0 atom stereocenters. The molecule has 132 valence electrons. The van der Waals surface area contributed by atoms with Gasteiger partial charge >= 0.3 is 0 Å². The summed E-state index contributed by atoms with van der Waals surface area (Å²) >= 11 is 0. The van der Waals surface area contributed by atoms with Crippen LogP contribution >= 0.6 is 0 Å². The van der Waals surface area contributed by atoms with Crippen molar-refractivity contribution < 1.29 is 9.59 Å². The van der Waals surface area contributed by atoms with E-state index in [1.165, 1.54) is 11.8 Å². The third-order valence-corrected chi connectivity index (χ3v) is 4.35. The summed E-state index contributed by atoms with van der Waals surface area (Å²) in [6.45, 7) is 7.57. The first kappa shape index (κ1) is 18.7. The topological polar surface area (TPSA) is 49.4 Å². The second-order valence-corrected chi connectivity index (χ2v) is 6.10. The zero-order chi connectivity index (χ0) is 18.4. The molecule has 4 heteroatoms. The molecule has 25 heavy (non-hydrogen) atoms. The Bertz CT molecular complexity index is 768. The number of carbonyl (C=O) groups is 2. The molecule has 2 rings (SSSR count). The summed E-state index contributed by atoms with van der Waals surface area (Å²) in [5.41, 5.74) is 4.82. The van der Waals surface area contributed by atoms with Crippen LogP contribution in [-0.2, 0) is 22.4 Å². The molecule has 0 aromatic heterocycles. The minimum absolute atomic E-state index is 0.00380. The smallest absolute Gasteiger partial charge is 0.244 e. The average Bonchev–Trinajstić information content (AvgIpc) is 2.61. The number of benzene rings is 2. The number of amides is 2. The SMILES string of the molecule is CCc1ccccc1N(CC(=O)Nc1c(C)cccc1CC)C(C)=O. The molecule has 0 fully saturated rings. The van der Waals surface area contributed by atoms with E-state index in [9.17, 15) is 9.59 Å². The van der Waals surface area contributed by atoms with E-state index in [-0.39, 0.29) is 18.4 Å². The number of para-hydroxylation sites is 2. The lowest BCUT2D eigenvalue weighted by molar-refractivity contribution is -0.120. The lowest BCUT2D eigenvalue weighted by atomic mass is 10.1. The fourth-order valence-electron chi connectivity index (χ4n) is 2.96. The van der Waals surface area contributed by atoms with Gasteiger partial charge in [0.15, 0.2) is 0 Å². The summed E-state index contributed by atoms with van der Waals surface area (Å²) in [5, 5.41) is 2.99. The summed E-state index contributed by atoms with van der Waals surface area (Å²) < 4.78 is 0. The molecule has 0 radical (unpaired) electrons. The van der Waals surface area contributed by atoms with Crippen molar-refractivity contribution in [1.82, 2.24) is 0 Å². The van der Waals surface area contributed by atoms with Crippen molar-refractivity contribution in [3.05, 3.63) is 59.2 Å². The molecule has 0 aliphatic heterocycles. The molecular formula is C21H26N2O2. The largest absolute Gasteiger partial charge is 0.324 e. The number of aryl methyl sites for hydroxylation is 3. The van der Waals surface area contributed by atoms with Gasteiger partial charge in [-0.15, -0.1) is 0 Å². The van der Waals surface area contributed by atoms with Gasteiger partial charge in [-0.2, -0.15) is 0 Å². The van der Waals surface area contributed by atoms with Crippen LogP contribution in [0.2, 0.25) is 0 Å². The summed E-state index contributed by atoms with van der Waals surface area (Å²) in [5.74, 6) is -0.332. The van der Waals surface area contributed by atoms with Crippen LogP contribution in [0.1, 0.15) is 37.5 Å². The maximum atomic E-state index is 12.6. The van der Waals surface area contributed by atoms with Crippen LogP contribution in [0, 0.1) is 6.92 Å². The molecule has 0 saturated heterocycles. The molecule has 2 aromatic rings. The Hall–Kier alpha value is -2.62. The molecule has 2 aromatic carbocycles. The van der Waals surface area contributed by atoms with Crippen LogP contribution in [0.25, 0.3) is 0 Å². The zero-order valence-electron chi connectivity index (χ0n) is 15.4. The third kappa shape index (κ3) is 4.47. The van der Waals surface area contributed by atoms with E-state index in [0.29, 0.717) is 0 Å². The fraction of sp³-hybridized carbons (Fsp3) is 0.333. The Morgan fingerprint density at radius 2 is 1.60 bits per heavy atom. The van der Waals surface area contributed by atoms with Crippen LogP contribution < -0.4 is 10.2 Å². The van der Waals surface area contributed by atoms with E-state index >= 15 is 0 Å². The maximum absolute atomic E-state index is 12.6. The molecule has 0 bridgehead atoms. The number of anilines is 2. The fourth-order valence-corrected chi connectivity index (χ4v) is 2.96. The van der Waals surface area contributed by atoms with E-state index in [4.69, 9.17) is 0 Å². The Morgan fingerprint density at radius 3 is 2.24 bits per heavy atom. The number of nitrogens with zero attached hydrogens (tertiary/aromatic N) is 1. The summed E-state index contributed by atoms with van der Waals surface area (Å²) in [6.07, 6.45) is 1.64. The van der Waals surface area contributed by atoms with Gasteiger partial charge < -0.3 is 10.2 Å². The van der Waals surface area contributed by atoms with E-state index in [0.717, 1.165) is 40.9 Å². The molecule has 0 aliphatic carbocycles. The van der Waals surface area contributed by atoms with Crippen molar-refractivity contribution >= 4 is 23.2 Å². The molecule has 0 aliphatic rings. The highest BCUT2D eigenvalue weighted by Crippen LogP contribution is 2.23. The standard InChI is InChI=1S/C21H26N2O2/c1-5-17-11-7-8-13-19(17)23(16(4)24)14-20(25)22-21-15(3)10-9-12-18(21)6-2/h7-13H,5-6,14H2,1-4H3,(H,22,25). The van der Waals surface area contributed by atoms with Gasteiger partial charge in [0.05, 0.1) is 0 Å². The van der Waals surface area contributed by atoms with Crippen LogP contribution in [0.5, 0.6) is 0 Å². The number of carbonyl (C=O) groups excluding carboxylic acids is 2. The lowest BCUT2D eigenvalue weighted by Gasteiger charge is -2.24. The van der Waals surface area contributed by atoms with Gasteiger partial charge in [-0.1, -0.05) is 50.2 Å². The highest BCUT2D eigenvalue weighted by atomic mass is 16.2. The summed E-state index contributed by atoms with van der Waals surface area (Å²) in [4.78, 5) is 26.3. The highest BCUT2D eigenvalue weighted by molar-refractivity contribution is 6.02. The molecule has 0 spiro atoms. The first-order chi connectivity index (χ1) is 12.0. The Kier molecular flexibility index (Phi) is 6.34. The van der Waals surface area contributed by atoms with Crippen molar-refractivity contribution in [2.45, 2.75) is 40.5 Å². The van der Waals surface area contributed by atoms with E-state index in [2.05, 4.69) is 12.2 Å². The molecule has 4 nitrogen and oxygen atoms in total. The van der Waals surface area contributed by atoms with Gasteiger partial charge in [0.25, 0.3) is 0 Å². The third-order valence-electron chi connectivity index (χ3n) is 4.35. The quantitative estimate of drug-likeness (QED) is 0.861. The normalized spacial score (nSPS) is 10.4. The highest BCUT2D eigenvalue weighted by Gasteiger charge is 2.19. The van der Waals surface area contributed by atoms with Gasteiger partial charge in [0, 0.05) is 18.3 Å². The van der Waals surface area contributed by atoms with E-state index < -0.39 is 0 Å². The van der Waals surface area contributed by atoms with E-state index in [1.807, 2.05) is 56.3 Å². The molecule has 0 heterocycles. The first-order valence-electron chi connectivity index (χ1n) is 8.72. The molecule has 2 amide bonds. The van der Waals surface area contributed by atoms with Gasteiger partial charge in [0.1, 0.15) is 6.54 Å². The lowest BCUT2D eigenvalue weighted by Crippen LogP contribution is -2.37. The van der Waals surface area contributed by atoms with Crippen molar-refractivity contribution in [2.24, 2.45) is 0 Å².